The van der Waals surface area contributed by atoms with E-state index in [2.05, 4.69) is 30.0 Å². The van der Waals surface area contributed by atoms with Gasteiger partial charge in [0.1, 0.15) is 13.9 Å². The van der Waals surface area contributed by atoms with E-state index in [-0.39, 0.29) is 11.5 Å². The molecule has 2 unspecified atom stereocenters. The Morgan fingerprint density at radius 2 is 1.94 bits per heavy atom. The van der Waals surface area contributed by atoms with E-state index >= 15 is 0 Å². The Morgan fingerprint density at radius 1 is 1.12 bits per heavy atom. The van der Waals surface area contributed by atoms with E-state index in [1.54, 1.807) is 9.47 Å². The molecule has 1 saturated carbocycles. The number of nitrogens with zero attached hydrogens (tertiary/aromatic N) is 3. The molecule has 3 aliphatic rings. The average Bonchev–Trinajstić information content (AvgIpc) is 3.51. The summed E-state index contributed by atoms with van der Waals surface area (Å²) < 4.78 is 3.65. The first-order valence-electron chi connectivity index (χ1n) is 11.4. The number of likely N-dealkylation sites (N-methyl/N-ethyl adjacent to an activating group) is 1. The van der Waals surface area contributed by atoms with Crippen molar-refractivity contribution >= 4 is 62.2 Å². The van der Waals surface area contributed by atoms with Crippen molar-refractivity contribution in [1.29, 1.82) is 0 Å². The molecule has 0 radical (unpaired) electrons. The molecule has 0 bridgehead atoms. The Morgan fingerprint density at radius 3 is 2.62 bits per heavy atom. The van der Waals surface area contributed by atoms with E-state index in [4.69, 9.17) is 12.2 Å². The van der Waals surface area contributed by atoms with Gasteiger partial charge in [-0.2, -0.15) is 0 Å². The van der Waals surface area contributed by atoms with Gasteiger partial charge in [-0.3, -0.25) is 19.1 Å². The van der Waals surface area contributed by atoms with Gasteiger partial charge in [0, 0.05) is 37.3 Å². The number of hydrogen-bond donors (Lipinski definition) is 0. The molecule has 1 aromatic carbocycles. The second-order valence-electron chi connectivity index (χ2n) is 8.42. The second-order valence-corrected chi connectivity index (χ2v) is 11.1. The molecule has 5 nitrogen and oxygen atoms in total. The summed E-state index contributed by atoms with van der Waals surface area (Å²) in [5, 5.41) is 0. The van der Waals surface area contributed by atoms with E-state index in [1.807, 2.05) is 19.9 Å². The number of benzene rings is 1. The molecule has 3 heterocycles. The maximum Gasteiger partial charge on any atom is 0.269 e. The van der Waals surface area contributed by atoms with E-state index in [0.717, 1.165) is 12.1 Å². The third kappa shape index (κ3) is 3.30. The lowest BCUT2D eigenvalue weighted by Gasteiger charge is -2.25. The fourth-order valence-electron chi connectivity index (χ4n) is 5.41. The smallest absolute Gasteiger partial charge is 0.269 e. The first-order chi connectivity index (χ1) is 15.5. The molecule has 1 aromatic heterocycles. The zero-order chi connectivity index (χ0) is 22.6. The zero-order valence-corrected chi connectivity index (χ0v) is 21.0. The minimum Gasteiger partial charge on any atom is -0.368 e. The molecule has 2 atom stereocenters. The Kier molecular flexibility index (Phi) is 5.80. The minimum absolute atomic E-state index is 0.0382. The zero-order valence-electron chi connectivity index (χ0n) is 18.6. The van der Waals surface area contributed by atoms with Crippen molar-refractivity contribution in [3.05, 3.63) is 48.9 Å². The van der Waals surface area contributed by atoms with Crippen molar-refractivity contribution < 1.29 is 4.79 Å². The number of anilines is 1. The van der Waals surface area contributed by atoms with Crippen molar-refractivity contribution in [2.75, 3.05) is 18.0 Å². The largest absolute Gasteiger partial charge is 0.368 e. The van der Waals surface area contributed by atoms with Crippen molar-refractivity contribution in [1.82, 2.24) is 9.47 Å². The van der Waals surface area contributed by atoms with Crippen LogP contribution in [0.25, 0.3) is 11.0 Å². The third-order valence-corrected chi connectivity index (χ3v) is 9.56. The van der Waals surface area contributed by atoms with Gasteiger partial charge in [0.2, 0.25) is 0 Å². The van der Waals surface area contributed by atoms with Gasteiger partial charge in [-0.25, -0.2) is 0 Å². The van der Waals surface area contributed by atoms with Crippen LogP contribution in [0.4, 0.5) is 5.69 Å². The lowest BCUT2D eigenvalue weighted by Crippen LogP contribution is -2.33. The van der Waals surface area contributed by atoms with Gasteiger partial charge in [0.25, 0.3) is 11.5 Å². The Bertz CT molecular complexity index is 1290. The van der Waals surface area contributed by atoms with Crippen molar-refractivity contribution in [3.63, 3.8) is 0 Å². The van der Waals surface area contributed by atoms with Crippen molar-refractivity contribution in [3.8, 4) is 0 Å². The quantitative estimate of drug-likeness (QED) is 0.623. The van der Waals surface area contributed by atoms with Crippen LogP contribution in [0.15, 0.2) is 23.0 Å². The number of amides is 1. The predicted octanol–water partition coefficient (Wildman–Crippen LogP) is 3.22. The summed E-state index contributed by atoms with van der Waals surface area (Å²) in [5.41, 5.74) is 3.80. The van der Waals surface area contributed by atoms with E-state index < -0.39 is 0 Å². The molecule has 1 amide bonds. The molecule has 0 spiro atoms. The van der Waals surface area contributed by atoms with Gasteiger partial charge >= 0.3 is 0 Å². The lowest BCUT2D eigenvalue weighted by atomic mass is 9.96. The van der Waals surface area contributed by atoms with Crippen LogP contribution in [0.2, 0.25) is 0 Å². The molecular formula is C24H27N3O2S3. The number of thioether (sulfide) groups is 1. The van der Waals surface area contributed by atoms with Gasteiger partial charge < -0.3 is 4.90 Å². The van der Waals surface area contributed by atoms with Gasteiger partial charge in [-0.1, -0.05) is 36.5 Å². The number of hydrogen-bond acceptors (Lipinski definition) is 6. The second kappa shape index (κ2) is 8.47. The topological polar surface area (TPSA) is 45.6 Å². The van der Waals surface area contributed by atoms with Crippen LogP contribution >= 0.6 is 35.3 Å². The number of carbonyl (C=O) groups excluding carboxylic acids is 1. The molecule has 2 fully saturated rings. The normalized spacial score (nSPS) is 24.7. The summed E-state index contributed by atoms with van der Waals surface area (Å²) in [6.07, 6.45) is 5.79. The Hall–Kier alpha value is -1.90. The number of rotatable bonds is 4. The third-order valence-electron chi connectivity index (χ3n) is 6.86. The first kappa shape index (κ1) is 21.9. The molecule has 8 heteroatoms. The minimum atomic E-state index is -0.0954. The fraction of sp³-hybridized carbons (Fsp3) is 0.458. The summed E-state index contributed by atoms with van der Waals surface area (Å²) >= 11 is 8.07. The summed E-state index contributed by atoms with van der Waals surface area (Å²) in [6, 6.07) is 7.25. The first-order valence-corrected chi connectivity index (χ1v) is 13.4. The van der Waals surface area contributed by atoms with Crippen LogP contribution in [-0.4, -0.2) is 38.8 Å². The maximum atomic E-state index is 13.2. The highest BCUT2D eigenvalue weighted by atomic mass is 32.2. The molecule has 1 aliphatic carbocycles. The summed E-state index contributed by atoms with van der Waals surface area (Å²) in [5.74, 6) is 0.510. The number of carbonyl (C=O) groups is 1. The van der Waals surface area contributed by atoms with E-state index in [9.17, 15) is 9.59 Å². The highest BCUT2D eigenvalue weighted by Crippen LogP contribution is 2.49. The van der Waals surface area contributed by atoms with Crippen molar-refractivity contribution in [2.45, 2.75) is 58.5 Å². The SMILES string of the molecule is CCN1C(=O)C(=c2sc(=Cc3ccc4c(c3)C3CCCC3N4CC)c(=O)n2CC)SC1=S. The van der Waals surface area contributed by atoms with Gasteiger partial charge in [-0.15, -0.1) is 11.3 Å². The average molecular weight is 486 g/mol. The molecular weight excluding hydrogens is 458 g/mol. The van der Waals surface area contributed by atoms with Crippen LogP contribution in [0.5, 0.6) is 0 Å². The highest BCUT2D eigenvalue weighted by molar-refractivity contribution is 8.30. The summed E-state index contributed by atoms with van der Waals surface area (Å²) in [7, 11) is 0. The highest BCUT2D eigenvalue weighted by Gasteiger charge is 2.40. The van der Waals surface area contributed by atoms with Crippen molar-refractivity contribution in [2.24, 2.45) is 0 Å². The Balaban J connectivity index is 1.62. The number of aromatic nitrogens is 1. The maximum absolute atomic E-state index is 13.2. The molecule has 168 valence electrons. The molecule has 5 rings (SSSR count). The molecule has 0 N–H and O–H groups in total. The number of thiocarbonyl (C=S) groups is 1. The van der Waals surface area contributed by atoms with Crippen LogP contribution in [0.3, 0.4) is 0 Å². The molecule has 2 aromatic rings. The Labute approximate surface area is 201 Å². The van der Waals surface area contributed by atoms with Gasteiger partial charge in [-0.05, 0) is 62.9 Å². The van der Waals surface area contributed by atoms with E-state index in [1.165, 1.54) is 53.6 Å². The van der Waals surface area contributed by atoms with Crippen LogP contribution < -0.4 is 19.7 Å². The van der Waals surface area contributed by atoms with Gasteiger partial charge in [0.05, 0.1) is 4.53 Å². The lowest BCUT2D eigenvalue weighted by molar-refractivity contribution is -0.120. The molecule has 32 heavy (non-hydrogen) atoms. The van der Waals surface area contributed by atoms with Crippen LogP contribution in [0, 0.1) is 0 Å². The monoisotopic (exact) mass is 485 g/mol. The molecule has 2 aliphatic heterocycles. The molecule has 1 saturated heterocycles. The van der Waals surface area contributed by atoms with E-state index in [0.29, 0.717) is 43.5 Å². The summed E-state index contributed by atoms with van der Waals surface area (Å²) in [4.78, 5) is 30.8. The van der Waals surface area contributed by atoms with Crippen LogP contribution in [0.1, 0.15) is 57.1 Å². The van der Waals surface area contributed by atoms with Gasteiger partial charge in [0.15, 0.2) is 0 Å². The number of thiazole rings is 1. The predicted molar refractivity (Wildman–Crippen MR) is 138 cm³/mol. The number of fused-ring (bicyclic) bond motifs is 3. The fourth-order valence-corrected chi connectivity index (χ4v) is 8.11. The standard InChI is InChI=1S/C24H27N3O2S3/c1-4-25-17-9-7-8-15(17)16-12-14(10-11-18(16)25)13-19-21(28)26(5-2)23(31-19)20-22(29)27(6-3)24(30)32-20/h10-13,15,17H,4-9H2,1-3H3. The van der Waals surface area contributed by atoms with Crippen LogP contribution in [-0.2, 0) is 11.3 Å². The summed E-state index contributed by atoms with van der Waals surface area (Å²) in [6.45, 7) is 8.19.